The third-order valence-electron chi connectivity index (χ3n) is 3.32. The van der Waals surface area contributed by atoms with Crippen molar-refractivity contribution in [3.63, 3.8) is 0 Å². The van der Waals surface area contributed by atoms with Gasteiger partial charge in [0.05, 0.1) is 0 Å². The smallest absolute Gasteiger partial charge is 0.0489 e. The topological polar surface area (TPSA) is 27.8 Å². The first kappa shape index (κ1) is 10.2. The molecule has 1 atom stereocenters. The Labute approximate surface area is 90.7 Å². The molecule has 1 heterocycles. The van der Waals surface area contributed by atoms with E-state index in [4.69, 9.17) is 0 Å². The molecule has 0 aliphatic carbocycles. The van der Waals surface area contributed by atoms with Crippen LogP contribution in [-0.2, 0) is 0 Å². The average Bonchev–Trinajstić information content (AvgIpc) is 2.66. The van der Waals surface area contributed by atoms with Crippen molar-refractivity contribution in [1.82, 2.24) is 10.3 Å². The monoisotopic (exact) mass is 202 g/mol. The van der Waals surface area contributed by atoms with Gasteiger partial charge < -0.3 is 10.3 Å². The van der Waals surface area contributed by atoms with Crippen LogP contribution < -0.4 is 5.32 Å². The molecule has 1 aromatic carbocycles. The Morgan fingerprint density at radius 2 is 2.00 bits per heavy atom. The van der Waals surface area contributed by atoms with Gasteiger partial charge in [-0.15, -0.1) is 0 Å². The second-order valence-corrected chi connectivity index (χ2v) is 4.18. The zero-order valence-corrected chi connectivity index (χ0v) is 9.81. The van der Waals surface area contributed by atoms with Gasteiger partial charge in [-0.3, -0.25) is 0 Å². The third kappa shape index (κ3) is 1.55. The Morgan fingerprint density at radius 1 is 1.27 bits per heavy atom. The lowest BCUT2D eigenvalue weighted by Gasteiger charge is -2.09. The predicted molar refractivity (Wildman–Crippen MR) is 65.2 cm³/mol. The summed E-state index contributed by atoms with van der Waals surface area (Å²) >= 11 is 0. The molecule has 2 nitrogen and oxygen atoms in total. The van der Waals surface area contributed by atoms with Gasteiger partial charge >= 0.3 is 0 Å². The van der Waals surface area contributed by atoms with Gasteiger partial charge in [-0.1, -0.05) is 12.1 Å². The molecule has 2 N–H and O–H groups in total. The molecule has 1 unspecified atom stereocenters. The van der Waals surface area contributed by atoms with Crippen LogP contribution in [0.5, 0.6) is 0 Å². The van der Waals surface area contributed by atoms with Crippen molar-refractivity contribution >= 4 is 10.9 Å². The molecular formula is C13H18N2. The molecule has 0 aliphatic rings. The number of benzene rings is 1. The second kappa shape index (κ2) is 3.70. The van der Waals surface area contributed by atoms with Crippen molar-refractivity contribution in [1.29, 1.82) is 0 Å². The minimum atomic E-state index is 0.390. The van der Waals surface area contributed by atoms with Crippen LogP contribution in [0.3, 0.4) is 0 Å². The van der Waals surface area contributed by atoms with Crippen LogP contribution in [0, 0.1) is 13.8 Å². The summed E-state index contributed by atoms with van der Waals surface area (Å²) in [5.41, 5.74) is 5.30. The van der Waals surface area contributed by atoms with E-state index in [1.165, 1.54) is 27.6 Å². The van der Waals surface area contributed by atoms with Crippen molar-refractivity contribution in [2.45, 2.75) is 26.8 Å². The van der Waals surface area contributed by atoms with Crippen molar-refractivity contribution in [3.05, 3.63) is 35.0 Å². The molecule has 15 heavy (non-hydrogen) atoms. The predicted octanol–water partition coefficient (Wildman–Crippen LogP) is 3.07. The first-order valence-corrected chi connectivity index (χ1v) is 5.39. The molecule has 0 spiro atoms. The molecule has 1 aromatic heterocycles. The van der Waals surface area contributed by atoms with Gasteiger partial charge in [0.2, 0.25) is 0 Å². The lowest BCUT2D eigenvalue weighted by molar-refractivity contribution is 0.657. The van der Waals surface area contributed by atoms with Gasteiger partial charge in [-0.25, -0.2) is 0 Å². The Balaban J connectivity index is 2.67. The summed E-state index contributed by atoms with van der Waals surface area (Å²) in [7, 11) is 1.99. The van der Waals surface area contributed by atoms with Gasteiger partial charge in [0, 0.05) is 23.1 Å². The van der Waals surface area contributed by atoms with E-state index in [-0.39, 0.29) is 0 Å². The van der Waals surface area contributed by atoms with E-state index in [1.54, 1.807) is 0 Å². The molecule has 80 valence electrons. The number of aryl methyl sites for hydroxylation is 2. The summed E-state index contributed by atoms with van der Waals surface area (Å²) in [6.45, 7) is 6.50. The summed E-state index contributed by atoms with van der Waals surface area (Å²) in [6, 6.07) is 4.79. The zero-order chi connectivity index (χ0) is 11.0. The summed E-state index contributed by atoms with van der Waals surface area (Å²) < 4.78 is 0. The number of H-pyrrole nitrogens is 1. The molecule has 0 radical (unpaired) electrons. The highest BCUT2D eigenvalue weighted by molar-refractivity contribution is 5.87. The van der Waals surface area contributed by atoms with Crippen LogP contribution in [0.1, 0.15) is 29.7 Å². The summed E-state index contributed by atoms with van der Waals surface area (Å²) in [5.74, 6) is 0. The van der Waals surface area contributed by atoms with Crippen molar-refractivity contribution in [2.75, 3.05) is 7.05 Å². The second-order valence-electron chi connectivity index (χ2n) is 4.18. The van der Waals surface area contributed by atoms with E-state index in [0.29, 0.717) is 6.04 Å². The van der Waals surface area contributed by atoms with Crippen LogP contribution in [0.2, 0.25) is 0 Å². The van der Waals surface area contributed by atoms with E-state index in [9.17, 15) is 0 Å². The maximum absolute atomic E-state index is 3.37. The normalized spacial score (nSPS) is 13.3. The van der Waals surface area contributed by atoms with E-state index < -0.39 is 0 Å². The molecule has 2 rings (SSSR count). The number of aromatic amines is 1. The number of hydrogen-bond donors (Lipinski definition) is 2. The highest BCUT2D eigenvalue weighted by Crippen LogP contribution is 2.27. The summed E-state index contributed by atoms with van der Waals surface area (Å²) in [5, 5.41) is 4.61. The molecule has 0 fully saturated rings. The molecule has 0 bridgehead atoms. The number of hydrogen-bond acceptors (Lipinski definition) is 1. The van der Waals surface area contributed by atoms with E-state index >= 15 is 0 Å². The lowest BCUT2D eigenvalue weighted by atomic mass is 10.0. The number of aromatic nitrogens is 1. The van der Waals surface area contributed by atoms with E-state index in [2.05, 4.69) is 49.4 Å². The highest BCUT2D eigenvalue weighted by atomic mass is 14.9. The van der Waals surface area contributed by atoms with Gasteiger partial charge in [0.1, 0.15) is 0 Å². The van der Waals surface area contributed by atoms with E-state index in [0.717, 1.165) is 0 Å². The minimum Gasteiger partial charge on any atom is -0.361 e. The minimum absolute atomic E-state index is 0.390. The number of fused-ring (bicyclic) bond motifs is 1. The zero-order valence-electron chi connectivity index (χ0n) is 9.81. The molecule has 0 saturated carbocycles. The first-order valence-electron chi connectivity index (χ1n) is 5.39. The summed E-state index contributed by atoms with van der Waals surface area (Å²) in [6.07, 6.45) is 2.11. The summed E-state index contributed by atoms with van der Waals surface area (Å²) in [4.78, 5) is 3.37. The quantitative estimate of drug-likeness (QED) is 0.769. The van der Waals surface area contributed by atoms with Crippen LogP contribution >= 0.6 is 0 Å². The number of rotatable bonds is 2. The molecule has 2 aromatic rings. The fourth-order valence-electron chi connectivity index (χ4n) is 1.98. The van der Waals surface area contributed by atoms with Gasteiger partial charge in [0.15, 0.2) is 0 Å². The molecule has 0 saturated heterocycles. The Morgan fingerprint density at radius 3 is 2.67 bits per heavy atom. The molecule has 0 aliphatic heterocycles. The Kier molecular flexibility index (Phi) is 2.53. The van der Waals surface area contributed by atoms with Gasteiger partial charge in [-0.05, 0) is 44.5 Å². The van der Waals surface area contributed by atoms with E-state index in [1.807, 2.05) is 7.05 Å². The highest BCUT2D eigenvalue weighted by Gasteiger charge is 2.10. The van der Waals surface area contributed by atoms with Crippen molar-refractivity contribution in [3.8, 4) is 0 Å². The van der Waals surface area contributed by atoms with Crippen molar-refractivity contribution in [2.24, 2.45) is 0 Å². The fraction of sp³-hybridized carbons (Fsp3) is 0.385. The lowest BCUT2D eigenvalue weighted by Crippen LogP contribution is -2.11. The Hall–Kier alpha value is -1.28. The molecule has 2 heteroatoms. The number of nitrogens with one attached hydrogen (secondary N) is 2. The SMILES string of the molecule is CNC(C)c1c[nH]c2c(C)c(C)ccc12. The first-order chi connectivity index (χ1) is 7.15. The van der Waals surface area contributed by atoms with Crippen LogP contribution in [0.4, 0.5) is 0 Å². The maximum Gasteiger partial charge on any atom is 0.0489 e. The van der Waals surface area contributed by atoms with Crippen LogP contribution in [0.15, 0.2) is 18.3 Å². The maximum atomic E-state index is 3.37. The largest absolute Gasteiger partial charge is 0.361 e. The standard InChI is InChI=1S/C13H18N2/c1-8-5-6-11-12(10(3)14-4)7-15-13(11)9(8)2/h5-7,10,14-15H,1-4H3. The average molecular weight is 202 g/mol. The fourth-order valence-corrected chi connectivity index (χ4v) is 1.98. The molecule has 0 amide bonds. The van der Waals surface area contributed by atoms with Gasteiger partial charge in [0.25, 0.3) is 0 Å². The van der Waals surface area contributed by atoms with Crippen LogP contribution in [-0.4, -0.2) is 12.0 Å². The molecular weight excluding hydrogens is 184 g/mol. The third-order valence-corrected chi connectivity index (χ3v) is 3.32. The van der Waals surface area contributed by atoms with Crippen LogP contribution in [0.25, 0.3) is 10.9 Å². The van der Waals surface area contributed by atoms with Gasteiger partial charge in [-0.2, -0.15) is 0 Å². The van der Waals surface area contributed by atoms with Crippen molar-refractivity contribution < 1.29 is 0 Å². The Bertz CT molecular complexity index is 482.